The Morgan fingerprint density at radius 2 is 1.82 bits per heavy atom. The van der Waals surface area contributed by atoms with Crippen molar-refractivity contribution in [3.05, 3.63) is 11.6 Å². The zero-order valence-electron chi connectivity index (χ0n) is 7.89. The highest BCUT2D eigenvalue weighted by Crippen LogP contribution is 2.23. The highest BCUT2D eigenvalue weighted by Gasteiger charge is 2.13. The smallest absolute Gasteiger partial charge is 0.330 e. The van der Waals surface area contributed by atoms with Gasteiger partial charge in [0.2, 0.25) is 0 Å². The van der Waals surface area contributed by atoms with Crippen molar-refractivity contribution in [3.8, 4) is 0 Å². The van der Waals surface area contributed by atoms with Gasteiger partial charge in [-0.25, -0.2) is 4.79 Å². The summed E-state index contributed by atoms with van der Waals surface area (Å²) in [5, 5.41) is 0. The standard InChI is InChI=1S/C9H16O2/c1-7(9(2,3)4)6-8(10)11-5/h6H,1-5H3. The molecule has 2 heteroatoms. The van der Waals surface area contributed by atoms with E-state index in [1.807, 2.05) is 6.92 Å². The number of allylic oxidation sites excluding steroid dienone is 1. The van der Waals surface area contributed by atoms with E-state index in [9.17, 15) is 4.79 Å². The Morgan fingerprint density at radius 1 is 1.36 bits per heavy atom. The van der Waals surface area contributed by atoms with Gasteiger partial charge in [-0.15, -0.1) is 0 Å². The lowest BCUT2D eigenvalue weighted by molar-refractivity contribution is -0.134. The molecule has 0 N–H and O–H groups in total. The van der Waals surface area contributed by atoms with E-state index in [2.05, 4.69) is 25.5 Å². The summed E-state index contributed by atoms with van der Waals surface area (Å²) < 4.78 is 4.50. The summed E-state index contributed by atoms with van der Waals surface area (Å²) in [5.74, 6) is -0.280. The average molecular weight is 156 g/mol. The van der Waals surface area contributed by atoms with Crippen LogP contribution in [0, 0.1) is 5.41 Å². The van der Waals surface area contributed by atoms with E-state index in [-0.39, 0.29) is 11.4 Å². The van der Waals surface area contributed by atoms with E-state index in [0.717, 1.165) is 5.57 Å². The molecule has 0 spiro atoms. The van der Waals surface area contributed by atoms with Gasteiger partial charge in [-0.05, 0) is 12.3 Å². The molecule has 0 amide bonds. The van der Waals surface area contributed by atoms with Gasteiger partial charge >= 0.3 is 5.97 Å². The number of hydrogen-bond acceptors (Lipinski definition) is 2. The largest absolute Gasteiger partial charge is 0.466 e. The van der Waals surface area contributed by atoms with Gasteiger partial charge in [0.1, 0.15) is 0 Å². The summed E-state index contributed by atoms with van der Waals surface area (Å²) in [6, 6.07) is 0. The monoisotopic (exact) mass is 156 g/mol. The lowest BCUT2D eigenvalue weighted by atomic mass is 9.87. The predicted molar refractivity (Wildman–Crippen MR) is 45.2 cm³/mol. The maximum absolute atomic E-state index is 10.8. The predicted octanol–water partition coefficient (Wildman–Crippen LogP) is 2.15. The third kappa shape index (κ3) is 3.81. The van der Waals surface area contributed by atoms with Gasteiger partial charge in [0, 0.05) is 6.08 Å². The molecule has 64 valence electrons. The van der Waals surface area contributed by atoms with Crippen LogP contribution in [-0.4, -0.2) is 13.1 Å². The fourth-order valence-electron chi connectivity index (χ4n) is 0.452. The van der Waals surface area contributed by atoms with Crippen LogP contribution >= 0.6 is 0 Å². The molecule has 0 aliphatic carbocycles. The first-order valence-corrected chi connectivity index (χ1v) is 3.64. The second-order valence-electron chi connectivity index (χ2n) is 3.60. The number of rotatable bonds is 1. The molecule has 0 saturated carbocycles. The molecule has 0 fully saturated rings. The summed E-state index contributed by atoms with van der Waals surface area (Å²) in [7, 11) is 1.38. The highest BCUT2D eigenvalue weighted by molar-refractivity contribution is 5.82. The van der Waals surface area contributed by atoms with Crippen molar-refractivity contribution in [2.75, 3.05) is 7.11 Å². The van der Waals surface area contributed by atoms with E-state index < -0.39 is 0 Å². The van der Waals surface area contributed by atoms with Crippen molar-refractivity contribution in [2.45, 2.75) is 27.7 Å². The topological polar surface area (TPSA) is 26.3 Å². The van der Waals surface area contributed by atoms with E-state index in [1.54, 1.807) is 0 Å². The Morgan fingerprint density at radius 3 is 2.09 bits per heavy atom. The summed E-state index contributed by atoms with van der Waals surface area (Å²) >= 11 is 0. The van der Waals surface area contributed by atoms with Gasteiger partial charge in [-0.1, -0.05) is 26.3 Å². The molecule has 0 atom stereocenters. The van der Waals surface area contributed by atoms with Crippen molar-refractivity contribution in [1.82, 2.24) is 0 Å². The Bertz CT molecular complexity index is 172. The normalized spacial score (nSPS) is 13.0. The fraction of sp³-hybridized carbons (Fsp3) is 0.667. The van der Waals surface area contributed by atoms with Crippen LogP contribution in [-0.2, 0) is 9.53 Å². The van der Waals surface area contributed by atoms with Crippen LogP contribution in [0.15, 0.2) is 11.6 Å². The Kier molecular flexibility index (Phi) is 3.30. The number of hydrogen-bond donors (Lipinski definition) is 0. The van der Waals surface area contributed by atoms with E-state index >= 15 is 0 Å². The number of esters is 1. The summed E-state index contributed by atoms with van der Waals surface area (Å²) in [5.41, 5.74) is 1.08. The first kappa shape index (κ1) is 10.2. The molecule has 0 aromatic rings. The van der Waals surface area contributed by atoms with Crippen molar-refractivity contribution in [3.63, 3.8) is 0 Å². The van der Waals surface area contributed by atoms with Gasteiger partial charge in [-0.2, -0.15) is 0 Å². The van der Waals surface area contributed by atoms with Crippen molar-refractivity contribution in [1.29, 1.82) is 0 Å². The first-order valence-electron chi connectivity index (χ1n) is 3.64. The van der Waals surface area contributed by atoms with Gasteiger partial charge in [0.25, 0.3) is 0 Å². The maximum atomic E-state index is 10.8. The summed E-state index contributed by atoms with van der Waals surface area (Å²) in [4.78, 5) is 10.8. The molecule has 11 heavy (non-hydrogen) atoms. The van der Waals surface area contributed by atoms with Crippen molar-refractivity contribution in [2.24, 2.45) is 5.41 Å². The third-order valence-electron chi connectivity index (χ3n) is 1.72. The van der Waals surface area contributed by atoms with E-state index in [1.165, 1.54) is 13.2 Å². The highest BCUT2D eigenvalue weighted by atomic mass is 16.5. The first-order chi connectivity index (χ1) is 4.88. The van der Waals surface area contributed by atoms with Crippen molar-refractivity contribution >= 4 is 5.97 Å². The third-order valence-corrected chi connectivity index (χ3v) is 1.72. The molecule has 0 unspecified atom stereocenters. The van der Waals surface area contributed by atoms with Crippen LogP contribution < -0.4 is 0 Å². The van der Waals surface area contributed by atoms with Gasteiger partial charge in [-0.3, -0.25) is 0 Å². The molecule has 0 bridgehead atoms. The van der Waals surface area contributed by atoms with Crippen LogP contribution in [0.25, 0.3) is 0 Å². The second kappa shape index (κ2) is 3.56. The van der Waals surface area contributed by atoms with Gasteiger partial charge < -0.3 is 4.74 Å². The molecule has 0 aliphatic rings. The zero-order chi connectivity index (χ0) is 9.07. The van der Waals surface area contributed by atoms with E-state index in [4.69, 9.17) is 0 Å². The van der Waals surface area contributed by atoms with Gasteiger partial charge in [0.15, 0.2) is 0 Å². The number of carbonyl (C=O) groups excluding carboxylic acids is 1. The Balaban J connectivity index is 4.35. The van der Waals surface area contributed by atoms with Crippen LogP contribution in [0.5, 0.6) is 0 Å². The molecule has 0 rings (SSSR count). The van der Waals surface area contributed by atoms with Crippen LogP contribution in [0.2, 0.25) is 0 Å². The number of carbonyl (C=O) groups is 1. The van der Waals surface area contributed by atoms with Crippen LogP contribution in [0.3, 0.4) is 0 Å². The molecule has 2 nitrogen and oxygen atoms in total. The lowest BCUT2D eigenvalue weighted by Gasteiger charge is -2.18. The minimum absolute atomic E-state index is 0.0498. The molecule has 0 saturated heterocycles. The summed E-state index contributed by atoms with van der Waals surface area (Å²) in [6.45, 7) is 8.10. The number of methoxy groups -OCH3 is 1. The second-order valence-corrected chi connectivity index (χ2v) is 3.60. The minimum atomic E-state index is -0.280. The maximum Gasteiger partial charge on any atom is 0.330 e. The molecular weight excluding hydrogens is 140 g/mol. The average Bonchev–Trinajstić information content (AvgIpc) is 1.85. The molecule has 0 aliphatic heterocycles. The fourth-order valence-corrected chi connectivity index (χ4v) is 0.452. The SMILES string of the molecule is COC(=O)C=C(C)C(C)(C)C. The van der Waals surface area contributed by atoms with Gasteiger partial charge in [0.05, 0.1) is 7.11 Å². The van der Waals surface area contributed by atoms with Crippen molar-refractivity contribution < 1.29 is 9.53 Å². The summed E-state index contributed by atoms with van der Waals surface area (Å²) in [6.07, 6.45) is 1.53. The zero-order valence-corrected chi connectivity index (χ0v) is 7.89. The molecular formula is C9H16O2. The Hall–Kier alpha value is -0.790. The number of ether oxygens (including phenoxy) is 1. The van der Waals surface area contributed by atoms with Crippen LogP contribution in [0.4, 0.5) is 0 Å². The Labute approximate surface area is 68.2 Å². The van der Waals surface area contributed by atoms with E-state index in [0.29, 0.717) is 0 Å². The quantitative estimate of drug-likeness (QED) is 0.429. The van der Waals surface area contributed by atoms with Crippen LogP contribution in [0.1, 0.15) is 27.7 Å². The molecule has 0 radical (unpaired) electrons. The molecule has 0 aromatic heterocycles. The minimum Gasteiger partial charge on any atom is -0.466 e. The molecule has 0 aromatic carbocycles. The molecule has 0 heterocycles. The lowest BCUT2D eigenvalue weighted by Crippen LogP contribution is -2.09.